The molecule has 0 atom stereocenters. The molecule has 3 rings (SSSR count). The number of amides is 1. The Bertz CT molecular complexity index is 493. The summed E-state index contributed by atoms with van der Waals surface area (Å²) in [4.78, 5) is 14.7. The Kier molecular flexibility index (Phi) is 3.09. The molecule has 1 amide bonds. The molecule has 0 bridgehead atoms. The van der Waals surface area contributed by atoms with E-state index < -0.39 is 0 Å². The molecule has 2 N–H and O–H groups in total. The number of nitrogens with zero attached hydrogens (tertiary/aromatic N) is 1. The Hall–Kier alpha value is -1.71. The van der Waals surface area contributed by atoms with E-state index >= 15 is 0 Å². The monoisotopic (exact) mass is 260 g/mol. The van der Waals surface area contributed by atoms with Gasteiger partial charge in [-0.2, -0.15) is 0 Å². The van der Waals surface area contributed by atoms with Crippen LogP contribution in [0.4, 0.5) is 5.69 Å². The minimum atomic E-state index is 0.0609. The lowest BCUT2D eigenvalue weighted by atomic mass is 10.1. The van der Waals surface area contributed by atoms with Crippen LogP contribution in [0.25, 0.3) is 0 Å². The largest absolute Gasteiger partial charge is 0.497 e. The van der Waals surface area contributed by atoms with Gasteiger partial charge in [-0.25, -0.2) is 0 Å². The summed E-state index contributed by atoms with van der Waals surface area (Å²) >= 11 is 0. The molecule has 2 fully saturated rings. The molecule has 0 unspecified atom stereocenters. The molecule has 4 nitrogen and oxygen atoms in total. The van der Waals surface area contributed by atoms with Crippen molar-refractivity contribution in [2.45, 2.75) is 31.7 Å². The topological polar surface area (TPSA) is 55.6 Å². The number of carbonyl (C=O) groups excluding carboxylic acids is 1. The second-order valence-electron chi connectivity index (χ2n) is 5.59. The first-order valence-corrected chi connectivity index (χ1v) is 6.93. The summed E-state index contributed by atoms with van der Waals surface area (Å²) in [7, 11) is 1.60. The second-order valence-corrected chi connectivity index (χ2v) is 5.59. The molecular weight excluding hydrogens is 240 g/mol. The number of methoxy groups -OCH3 is 1. The standard InChI is InChI=1S/C15H20N2O2/c1-19-12-6-7-14(16)13(8-12)15(18)17(11-4-5-11)9-10-2-3-10/h6-8,10-11H,2-5,9,16H2,1H3. The van der Waals surface area contributed by atoms with Crippen LogP contribution in [0.5, 0.6) is 5.75 Å². The lowest BCUT2D eigenvalue weighted by Gasteiger charge is -2.23. The highest BCUT2D eigenvalue weighted by molar-refractivity contribution is 5.99. The highest BCUT2D eigenvalue weighted by atomic mass is 16.5. The third-order valence-electron chi connectivity index (χ3n) is 3.89. The van der Waals surface area contributed by atoms with Crippen LogP contribution < -0.4 is 10.5 Å². The predicted octanol–water partition coefficient (Wildman–Crippen LogP) is 2.29. The van der Waals surface area contributed by atoms with E-state index in [0.29, 0.717) is 29.0 Å². The number of hydrogen-bond acceptors (Lipinski definition) is 3. The zero-order valence-electron chi connectivity index (χ0n) is 11.3. The summed E-state index contributed by atoms with van der Waals surface area (Å²) in [6.45, 7) is 0.889. The molecule has 0 radical (unpaired) electrons. The van der Waals surface area contributed by atoms with Gasteiger partial charge in [0, 0.05) is 18.3 Å². The molecule has 0 aliphatic heterocycles. The van der Waals surface area contributed by atoms with Gasteiger partial charge in [0.25, 0.3) is 5.91 Å². The molecule has 1 aromatic carbocycles. The molecule has 0 heterocycles. The third kappa shape index (κ3) is 2.67. The van der Waals surface area contributed by atoms with Gasteiger partial charge in [0.05, 0.1) is 12.7 Å². The fourth-order valence-corrected chi connectivity index (χ4v) is 2.36. The number of benzene rings is 1. The number of ether oxygens (including phenoxy) is 1. The van der Waals surface area contributed by atoms with Gasteiger partial charge in [0.15, 0.2) is 0 Å². The molecule has 4 heteroatoms. The van der Waals surface area contributed by atoms with Crippen LogP contribution in [0.1, 0.15) is 36.0 Å². The van der Waals surface area contributed by atoms with Crippen molar-refractivity contribution in [3.63, 3.8) is 0 Å². The summed E-state index contributed by atoms with van der Waals surface area (Å²) in [5.74, 6) is 1.45. The van der Waals surface area contributed by atoms with E-state index in [9.17, 15) is 4.79 Å². The van der Waals surface area contributed by atoms with Crippen molar-refractivity contribution in [3.8, 4) is 5.75 Å². The summed E-state index contributed by atoms with van der Waals surface area (Å²) in [5, 5.41) is 0. The minimum Gasteiger partial charge on any atom is -0.497 e. The minimum absolute atomic E-state index is 0.0609. The predicted molar refractivity (Wildman–Crippen MR) is 74.2 cm³/mol. The normalized spacial score (nSPS) is 18.2. The number of nitrogen functional groups attached to an aromatic ring is 1. The summed E-state index contributed by atoms with van der Waals surface area (Å²) < 4.78 is 5.18. The van der Waals surface area contributed by atoms with E-state index in [1.807, 2.05) is 4.90 Å². The number of carbonyl (C=O) groups is 1. The molecule has 1 aromatic rings. The molecule has 2 aliphatic rings. The maximum absolute atomic E-state index is 12.7. The van der Waals surface area contributed by atoms with Crippen molar-refractivity contribution >= 4 is 11.6 Å². The maximum atomic E-state index is 12.7. The van der Waals surface area contributed by atoms with Crippen molar-refractivity contribution < 1.29 is 9.53 Å². The summed E-state index contributed by atoms with van der Waals surface area (Å²) in [5.41, 5.74) is 7.06. The zero-order chi connectivity index (χ0) is 13.4. The lowest BCUT2D eigenvalue weighted by Crippen LogP contribution is -2.35. The molecule has 102 valence electrons. The van der Waals surface area contributed by atoms with Crippen molar-refractivity contribution in [1.82, 2.24) is 4.90 Å². The Balaban J connectivity index is 1.83. The van der Waals surface area contributed by atoms with Crippen LogP contribution in [0.3, 0.4) is 0 Å². The van der Waals surface area contributed by atoms with Gasteiger partial charge in [-0.3, -0.25) is 4.79 Å². The molecule has 2 aliphatic carbocycles. The van der Waals surface area contributed by atoms with Crippen LogP contribution in [0.15, 0.2) is 18.2 Å². The van der Waals surface area contributed by atoms with Crippen molar-refractivity contribution in [1.29, 1.82) is 0 Å². The number of anilines is 1. The van der Waals surface area contributed by atoms with E-state index in [4.69, 9.17) is 10.5 Å². The van der Waals surface area contributed by atoms with Crippen LogP contribution >= 0.6 is 0 Å². The van der Waals surface area contributed by atoms with E-state index in [0.717, 1.165) is 19.4 Å². The highest BCUT2D eigenvalue weighted by Crippen LogP contribution is 2.36. The SMILES string of the molecule is COc1ccc(N)c(C(=O)N(CC2CC2)C2CC2)c1. The van der Waals surface area contributed by atoms with Crippen LogP contribution in [0.2, 0.25) is 0 Å². The van der Waals surface area contributed by atoms with E-state index in [1.165, 1.54) is 12.8 Å². The molecule has 0 saturated heterocycles. The van der Waals surface area contributed by atoms with Gasteiger partial charge in [0.2, 0.25) is 0 Å². The van der Waals surface area contributed by atoms with E-state index in [1.54, 1.807) is 25.3 Å². The molecule has 0 spiro atoms. The first-order chi connectivity index (χ1) is 9.19. The van der Waals surface area contributed by atoms with Crippen LogP contribution in [0, 0.1) is 5.92 Å². The number of rotatable bonds is 5. The van der Waals surface area contributed by atoms with Gasteiger partial charge in [0.1, 0.15) is 5.75 Å². The molecule has 19 heavy (non-hydrogen) atoms. The quantitative estimate of drug-likeness (QED) is 0.826. The van der Waals surface area contributed by atoms with Gasteiger partial charge in [-0.15, -0.1) is 0 Å². The molecule has 2 saturated carbocycles. The fourth-order valence-electron chi connectivity index (χ4n) is 2.36. The van der Waals surface area contributed by atoms with E-state index in [-0.39, 0.29) is 5.91 Å². The van der Waals surface area contributed by atoms with Crippen LogP contribution in [-0.4, -0.2) is 30.5 Å². The third-order valence-corrected chi connectivity index (χ3v) is 3.89. The lowest BCUT2D eigenvalue weighted by molar-refractivity contribution is 0.0735. The number of hydrogen-bond donors (Lipinski definition) is 1. The average Bonchev–Trinajstić information content (AvgIpc) is 3.28. The van der Waals surface area contributed by atoms with Gasteiger partial charge >= 0.3 is 0 Å². The van der Waals surface area contributed by atoms with Crippen molar-refractivity contribution in [2.24, 2.45) is 5.92 Å². The average molecular weight is 260 g/mol. The second kappa shape index (κ2) is 4.76. The maximum Gasteiger partial charge on any atom is 0.256 e. The van der Waals surface area contributed by atoms with Gasteiger partial charge < -0.3 is 15.4 Å². The van der Waals surface area contributed by atoms with Crippen molar-refractivity contribution in [3.05, 3.63) is 23.8 Å². The summed E-state index contributed by atoms with van der Waals surface area (Å²) in [6.07, 6.45) is 4.76. The smallest absolute Gasteiger partial charge is 0.256 e. The first-order valence-electron chi connectivity index (χ1n) is 6.93. The Morgan fingerprint density at radius 2 is 2.11 bits per heavy atom. The first kappa shape index (κ1) is 12.3. The van der Waals surface area contributed by atoms with Gasteiger partial charge in [-0.1, -0.05) is 0 Å². The van der Waals surface area contributed by atoms with Gasteiger partial charge in [-0.05, 0) is 49.8 Å². The van der Waals surface area contributed by atoms with E-state index in [2.05, 4.69) is 0 Å². The van der Waals surface area contributed by atoms with Crippen molar-refractivity contribution in [2.75, 3.05) is 19.4 Å². The molecule has 0 aromatic heterocycles. The number of nitrogens with two attached hydrogens (primary N) is 1. The summed E-state index contributed by atoms with van der Waals surface area (Å²) in [6, 6.07) is 5.71. The highest BCUT2D eigenvalue weighted by Gasteiger charge is 2.37. The Morgan fingerprint density at radius 1 is 1.37 bits per heavy atom. The Labute approximate surface area is 113 Å². The zero-order valence-corrected chi connectivity index (χ0v) is 11.3. The molecular formula is C15H20N2O2. The Morgan fingerprint density at radius 3 is 2.68 bits per heavy atom. The fraction of sp³-hybridized carbons (Fsp3) is 0.533. The van der Waals surface area contributed by atoms with Crippen LogP contribution in [-0.2, 0) is 0 Å².